The summed E-state index contributed by atoms with van der Waals surface area (Å²) in [7, 11) is -1.78. The van der Waals surface area contributed by atoms with Crippen LogP contribution in [0.25, 0.3) is 0 Å². The maximum absolute atomic E-state index is 13.7. The van der Waals surface area contributed by atoms with E-state index < -0.39 is 24.6 Å². The Morgan fingerprint density at radius 1 is 1.07 bits per heavy atom. The number of carbonyl (C=O) groups excluding carboxylic acids is 3. The summed E-state index contributed by atoms with van der Waals surface area (Å²) in [6.07, 6.45) is 0.544. The lowest BCUT2D eigenvalue weighted by Crippen LogP contribution is -2.64. The van der Waals surface area contributed by atoms with Gasteiger partial charge in [-0.1, -0.05) is 74.6 Å². The van der Waals surface area contributed by atoms with Crippen molar-refractivity contribution in [2.75, 3.05) is 0 Å². The third kappa shape index (κ3) is 7.94. The van der Waals surface area contributed by atoms with Crippen LogP contribution >= 0.6 is 23.0 Å². The van der Waals surface area contributed by atoms with Gasteiger partial charge in [0, 0.05) is 29.7 Å². The van der Waals surface area contributed by atoms with E-state index in [0.717, 1.165) is 0 Å². The number of esters is 1. The van der Waals surface area contributed by atoms with Gasteiger partial charge in [-0.15, -0.1) is 0 Å². The fourth-order valence-electron chi connectivity index (χ4n) is 4.03. The molecule has 1 aromatic rings. The van der Waals surface area contributed by atoms with Gasteiger partial charge >= 0.3 is 11.9 Å². The van der Waals surface area contributed by atoms with Gasteiger partial charge < -0.3 is 14.6 Å². The van der Waals surface area contributed by atoms with Crippen LogP contribution in [0.2, 0.25) is 18.1 Å². The average molecular weight is 610 g/mol. The van der Waals surface area contributed by atoms with E-state index in [2.05, 4.69) is 33.9 Å². The van der Waals surface area contributed by atoms with E-state index in [1.54, 1.807) is 39.0 Å². The number of benzene rings is 1. The minimum atomic E-state index is -1.78. The van der Waals surface area contributed by atoms with Gasteiger partial charge in [-0.05, 0) is 35.4 Å². The molecular formula is C29H43NO7S2Si. The summed E-state index contributed by atoms with van der Waals surface area (Å²) in [6, 6.07) is 5.77. The van der Waals surface area contributed by atoms with Gasteiger partial charge in [0.15, 0.2) is 10.8 Å². The minimum Gasteiger partial charge on any atom is -0.476 e. The molecule has 0 bridgehead atoms. The lowest BCUT2D eigenvalue weighted by atomic mass is 9.82. The van der Waals surface area contributed by atoms with Crippen molar-refractivity contribution in [1.82, 2.24) is 4.90 Å². The SMILES string of the molecule is CC[C@@H]1[C@H]([C@@H](C)S[Si](C)(C)C(C)(C)C)C(=O)N1C(C(=O)O)=C(Oc1cccc(OC(C)=O)c1)SC(=O)C(C)(C)C. The number of carboxylic acid groups (broad SMARTS) is 1. The van der Waals surface area contributed by atoms with E-state index in [1.807, 2.05) is 25.1 Å². The lowest BCUT2D eigenvalue weighted by Gasteiger charge is -2.51. The number of hydrogen-bond donors (Lipinski definition) is 1. The zero-order valence-corrected chi connectivity index (χ0v) is 28.0. The zero-order valence-electron chi connectivity index (χ0n) is 25.4. The molecule has 40 heavy (non-hydrogen) atoms. The van der Waals surface area contributed by atoms with E-state index >= 15 is 0 Å². The summed E-state index contributed by atoms with van der Waals surface area (Å²) >= 11 is 2.52. The Balaban J connectivity index is 2.56. The maximum Gasteiger partial charge on any atom is 0.357 e. The molecule has 1 aromatic carbocycles. The third-order valence-corrected chi connectivity index (χ3v) is 18.0. The van der Waals surface area contributed by atoms with Crippen LogP contribution in [-0.4, -0.2) is 51.5 Å². The Morgan fingerprint density at radius 3 is 2.08 bits per heavy atom. The molecule has 1 fully saturated rings. The number of carbonyl (C=O) groups is 4. The number of thioether (sulfide) groups is 1. The highest BCUT2D eigenvalue weighted by Crippen LogP contribution is 2.49. The minimum absolute atomic E-state index is 0.00160. The molecule has 1 aliphatic rings. The Hall–Kier alpha value is -2.24. The second-order valence-corrected chi connectivity index (χ2v) is 22.8. The van der Waals surface area contributed by atoms with Crippen LogP contribution < -0.4 is 9.47 Å². The summed E-state index contributed by atoms with van der Waals surface area (Å²) in [5.74, 6) is -2.16. The lowest BCUT2D eigenvalue weighted by molar-refractivity contribution is -0.157. The largest absolute Gasteiger partial charge is 0.476 e. The maximum atomic E-state index is 13.7. The van der Waals surface area contributed by atoms with Crippen LogP contribution in [0.15, 0.2) is 35.1 Å². The van der Waals surface area contributed by atoms with E-state index in [4.69, 9.17) is 9.47 Å². The van der Waals surface area contributed by atoms with Gasteiger partial charge in [-0.3, -0.25) is 19.3 Å². The van der Waals surface area contributed by atoms with Crippen LogP contribution in [0.1, 0.15) is 68.7 Å². The number of amides is 1. The van der Waals surface area contributed by atoms with Gasteiger partial charge in [-0.25, -0.2) is 4.79 Å². The van der Waals surface area contributed by atoms with E-state index in [0.29, 0.717) is 18.2 Å². The molecule has 1 N–H and O–H groups in total. The summed E-state index contributed by atoms with van der Waals surface area (Å²) in [5, 5.41) is 9.96. The Bertz CT molecular complexity index is 1180. The number of carboxylic acids is 1. The number of ether oxygens (including phenoxy) is 2. The molecule has 0 aliphatic carbocycles. The Morgan fingerprint density at radius 2 is 1.62 bits per heavy atom. The molecule has 2 rings (SSSR count). The fourth-order valence-corrected chi connectivity index (χ4v) is 10.9. The van der Waals surface area contributed by atoms with Crippen LogP contribution in [0.4, 0.5) is 0 Å². The van der Waals surface area contributed by atoms with Crippen molar-refractivity contribution < 1.29 is 33.8 Å². The molecule has 0 radical (unpaired) electrons. The third-order valence-electron chi connectivity index (χ3n) is 7.19. The van der Waals surface area contributed by atoms with Crippen molar-refractivity contribution in [1.29, 1.82) is 0 Å². The molecular weight excluding hydrogens is 567 g/mol. The number of hydrogen-bond acceptors (Lipinski definition) is 8. The normalized spacial score (nSPS) is 19.4. The molecule has 0 unspecified atom stereocenters. The van der Waals surface area contributed by atoms with E-state index in [-0.39, 0.29) is 55.6 Å². The molecule has 0 saturated carbocycles. The van der Waals surface area contributed by atoms with Crippen molar-refractivity contribution in [2.24, 2.45) is 11.3 Å². The van der Waals surface area contributed by atoms with Crippen molar-refractivity contribution in [3.8, 4) is 11.5 Å². The summed E-state index contributed by atoms with van der Waals surface area (Å²) < 4.78 is 11.1. The summed E-state index contributed by atoms with van der Waals surface area (Å²) in [4.78, 5) is 52.2. The van der Waals surface area contributed by atoms with Crippen molar-refractivity contribution >= 4 is 53.2 Å². The molecule has 222 valence electrons. The van der Waals surface area contributed by atoms with Gasteiger partial charge in [0.1, 0.15) is 18.7 Å². The predicted molar refractivity (Wildman–Crippen MR) is 164 cm³/mol. The molecule has 8 nitrogen and oxygen atoms in total. The van der Waals surface area contributed by atoms with Crippen LogP contribution in [0, 0.1) is 11.3 Å². The van der Waals surface area contributed by atoms with Gasteiger partial charge in [-0.2, -0.15) is 11.2 Å². The van der Waals surface area contributed by atoms with Crippen molar-refractivity contribution in [3.63, 3.8) is 0 Å². The topological polar surface area (TPSA) is 110 Å². The fraction of sp³-hybridized carbons (Fsp3) is 0.586. The average Bonchev–Trinajstić information content (AvgIpc) is 2.77. The molecule has 1 aliphatic heterocycles. The van der Waals surface area contributed by atoms with Crippen molar-refractivity contribution in [2.45, 2.75) is 98.2 Å². The predicted octanol–water partition coefficient (Wildman–Crippen LogP) is 6.91. The smallest absolute Gasteiger partial charge is 0.357 e. The number of nitrogens with zero attached hydrogens (tertiary/aromatic N) is 1. The summed E-state index contributed by atoms with van der Waals surface area (Å²) in [6.45, 7) is 21.7. The second-order valence-electron chi connectivity index (χ2n) is 12.5. The van der Waals surface area contributed by atoms with Gasteiger partial charge in [0.05, 0.1) is 5.92 Å². The molecule has 3 atom stereocenters. The van der Waals surface area contributed by atoms with Crippen LogP contribution in [-0.2, 0) is 19.2 Å². The molecule has 0 aromatic heterocycles. The molecule has 0 spiro atoms. The molecule has 1 amide bonds. The number of aliphatic carboxylic acids is 1. The first kappa shape index (κ1) is 34.0. The summed E-state index contributed by atoms with van der Waals surface area (Å²) in [5.41, 5.74) is -1.17. The molecule has 1 heterocycles. The first-order chi connectivity index (χ1) is 18.2. The van der Waals surface area contributed by atoms with E-state index in [9.17, 15) is 24.3 Å². The Labute approximate surface area is 247 Å². The first-order valence-electron chi connectivity index (χ1n) is 13.4. The standard InChI is InChI=1S/C29H43NO7S2Si/c1-12-21-22(17(2)39-40(10,11)29(7,8)9)24(32)30(21)23(25(33)34)26(38-27(35)28(4,5)6)37-20-15-13-14-19(16-20)36-18(3)31/h13-17,21-22H,12H2,1-11H3,(H,33,34)/t17-,21-,22+/m1/s1. The highest BCUT2D eigenvalue weighted by Gasteiger charge is 2.54. The van der Waals surface area contributed by atoms with Gasteiger partial charge in [0.25, 0.3) is 0 Å². The van der Waals surface area contributed by atoms with Crippen LogP contribution in [0.3, 0.4) is 0 Å². The number of β-lactam (4-membered cyclic amide) rings is 1. The van der Waals surface area contributed by atoms with Gasteiger partial charge in [0.2, 0.25) is 11.0 Å². The first-order valence-corrected chi connectivity index (χ1v) is 18.8. The highest BCUT2D eigenvalue weighted by atomic mass is 32.4. The van der Waals surface area contributed by atoms with Crippen LogP contribution in [0.5, 0.6) is 11.5 Å². The quantitative estimate of drug-likeness (QED) is 0.0755. The zero-order chi connectivity index (χ0) is 30.8. The number of rotatable bonds is 10. The van der Waals surface area contributed by atoms with E-state index in [1.165, 1.54) is 17.9 Å². The van der Waals surface area contributed by atoms with Crippen molar-refractivity contribution in [3.05, 3.63) is 35.1 Å². The molecule has 1 saturated heterocycles. The molecule has 11 heteroatoms. The monoisotopic (exact) mass is 609 g/mol. The number of likely N-dealkylation sites (tertiary alicyclic amines) is 1. The second kappa shape index (κ2) is 12.7. The highest BCUT2D eigenvalue weighted by molar-refractivity contribution is 8.29. The Kier molecular flexibility index (Phi) is 10.8.